The van der Waals surface area contributed by atoms with Crippen LogP contribution in [0.3, 0.4) is 0 Å². The van der Waals surface area contributed by atoms with Crippen molar-refractivity contribution in [3.05, 3.63) is 48.5 Å². The predicted octanol–water partition coefficient (Wildman–Crippen LogP) is 3.22. The van der Waals surface area contributed by atoms with Crippen LogP contribution in [0, 0.1) is 5.82 Å². The van der Waals surface area contributed by atoms with E-state index < -0.39 is 0 Å². The molecule has 0 fully saturated rings. The van der Waals surface area contributed by atoms with Crippen LogP contribution >= 0.6 is 0 Å². The van der Waals surface area contributed by atoms with Gasteiger partial charge in [-0.3, -0.25) is 4.98 Å². The van der Waals surface area contributed by atoms with Gasteiger partial charge in [-0.25, -0.2) is 4.39 Å². The van der Waals surface area contributed by atoms with Gasteiger partial charge in [-0.15, -0.1) is 0 Å². The van der Waals surface area contributed by atoms with Gasteiger partial charge >= 0.3 is 0 Å². The number of rotatable bonds is 1. The van der Waals surface area contributed by atoms with Crippen LogP contribution in [0.15, 0.2) is 47.1 Å². The molecule has 17 heavy (non-hydrogen) atoms. The van der Waals surface area contributed by atoms with Gasteiger partial charge in [0.15, 0.2) is 11.4 Å². The van der Waals surface area contributed by atoms with Gasteiger partial charge in [0.1, 0.15) is 5.76 Å². The summed E-state index contributed by atoms with van der Waals surface area (Å²) in [5.74, 6) is 0.190. The number of halogens is 1. The average Bonchev–Trinajstić information content (AvgIpc) is 2.74. The number of hydrogen-bond donors (Lipinski definition) is 1. The van der Waals surface area contributed by atoms with Gasteiger partial charge in [0.2, 0.25) is 0 Å². The lowest BCUT2D eigenvalue weighted by molar-refractivity contribution is 0.568. The first-order valence-electron chi connectivity index (χ1n) is 5.13. The molecule has 0 radical (unpaired) electrons. The molecule has 84 valence electrons. The Balaban J connectivity index is 2.22. The summed E-state index contributed by atoms with van der Waals surface area (Å²) in [5, 5.41) is 0.724. The fraction of sp³-hybridized carbons (Fsp3) is 0. The summed E-state index contributed by atoms with van der Waals surface area (Å²) in [4.78, 5) is 3.97. The number of hydrogen-bond acceptors (Lipinski definition) is 3. The summed E-state index contributed by atoms with van der Waals surface area (Å²) < 4.78 is 18.9. The van der Waals surface area contributed by atoms with Crippen molar-refractivity contribution in [2.24, 2.45) is 0 Å². The Morgan fingerprint density at radius 2 is 2.06 bits per heavy atom. The number of para-hydroxylation sites is 1. The number of nitrogen functional groups attached to an aromatic ring is 1. The van der Waals surface area contributed by atoms with Gasteiger partial charge in [-0.1, -0.05) is 12.1 Å². The molecule has 1 aromatic carbocycles. The first-order chi connectivity index (χ1) is 8.24. The lowest BCUT2D eigenvalue weighted by atomic mass is 10.2. The normalized spacial score (nSPS) is 10.9. The van der Waals surface area contributed by atoms with Crippen molar-refractivity contribution in [1.82, 2.24) is 4.98 Å². The molecule has 3 aromatic rings. The monoisotopic (exact) mass is 228 g/mol. The number of anilines is 1. The highest BCUT2D eigenvalue weighted by Crippen LogP contribution is 2.29. The maximum atomic E-state index is 13.5. The Kier molecular flexibility index (Phi) is 2.08. The Hall–Kier alpha value is -2.36. The van der Waals surface area contributed by atoms with Crippen molar-refractivity contribution in [3.63, 3.8) is 0 Å². The Morgan fingerprint density at radius 3 is 2.82 bits per heavy atom. The molecule has 2 N–H and O–H groups in total. The minimum absolute atomic E-state index is 0.255. The fourth-order valence-corrected chi connectivity index (χ4v) is 1.76. The largest absolute Gasteiger partial charge is 0.453 e. The maximum Gasteiger partial charge on any atom is 0.170 e. The van der Waals surface area contributed by atoms with E-state index in [1.165, 1.54) is 6.07 Å². The molecule has 0 unspecified atom stereocenters. The van der Waals surface area contributed by atoms with Crippen LogP contribution in [-0.2, 0) is 0 Å². The number of pyridine rings is 1. The third-order valence-electron chi connectivity index (χ3n) is 2.54. The van der Waals surface area contributed by atoms with E-state index in [4.69, 9.17) is 10.2 Å². The van der Waals surface area contributed by atoms with Gasteiger partial charge in [0.05, 0.1) is 5.69 Å². The quantitative estimate of drug-likeness (QED) is 0.695. The number of aromatic nitrogens is 1. The lowest BCUT2D eigenvalue weighted by Crippen LogP contribution is -1.86. The van der Waals surface area contributed by atoms with Crippen molar-refractivity contribution in [2.45, 2.75) is 0 Å². The maximum absolute atomic E-state index is 13.5. The van der Waals surface area contributed by atoms with Crippen molar-refractivity contribution in [3.8, 4) is 11.3 Å². The summed E-state index contributed by atoms with van der Waals surface area (Å²) in [6, 6.07) is 8.32. The molecule has 0 atom stereocenters. The number of nitrogens with two attached hydrogens (primary N) is 1. The van der Waals surface area contributed by atoms with Gasteiger partial charge in [-0.05, 0) is 18.2 Å². The Bertz CT molecular complexity index is 691. The molecule has 4 heteroatoms. The van der Waals surface area contributed by atoms with E-state index in [0.717, 1.165) is 10.9 Å². The predicted molar refractivity (Wildman–Crippen MR) is 63.8 cm³/mol. The molecular weight excluding hydrogens is 219 g/mol. The number of furan rings is 1. The van der Waals surface area contributed by atoms with Crippen LogP contribution in [0.5, 0.6) is 0 Å². The van der Waals surface area contributed by atoms with E-state index in [0.29, 0.717) is 11.4 Å². The number of nitrogens with zero attached hydrogens (tertiary/aromatic N) is 1. The molecule has 0 saturated carbocycles. The second-order valence-corrected chi connectivity index (χ2v) is 3.78. The molecule has 0 bridgehead atoms. The molecule has 3 nitrogen and oxygen atoms in total. The van der Waals surface area contributed by atoms with Gasteiger partial charge in [0, 0.05) is 23.3 Å². The smallest absolute Gasteiger partial charge is 0.170 e. The molecule has 0 amide bonds. The first kappa shape index (κ1) is 9.84. The zero-order chi connectivity index (χ0) is 11.8. The van der Waals surface area contributed by atoms with E-state index >= 15 is 0 Å². The van der Waals surface area contributed by atoms with E-state index in [1.54, 1.807) is 36.7 Å². The molecule has 2 aromatic heterocycles. The van der Waals surface area contributed by atoms with Crippen LogP contribution in [0.2, 0.25) is 0 Å². The molecule has 0 aliphatic rings. The second kappa shape index (κ2) is 3.59. The summed E-state index contributed by atoms with van der Waals surface area (Å²) in [6.07, 6.45) is 3.18. The number of benzene rings is 1. The van der Waals surface area contributed by atoms with Crippen molar-refractivity contribution in [2.75, 3.05) is 5.73 Å². The highest BCUT2D eigenvalue weighted by Gasteiger charge is 2.09. The zero-order valence-corrected chi connectivity index (χ0v) is 8.85. The second-order valence-electron chi connectivity index (χ2n) is 3.78. The highest BCUT2D eigenvalue weighted by molar-refractivity contribution is 5.83. The molecule has 0 spiro atoms. The van der Waals surface area contributed by atoms with Gasteiger partial charge < -0.3 is 10.2 Å². The topological polar surface area (TPSA) is 52.0 Å². The standard InChI is InChI=1S/C13H9FN2O/c14-11-3-1-2-8-5-12(17-13(8)11)9-4-10(15)7-16-6-9/h1-7H,15H2. The zero-order valence-electron chi connectivity index (χ0n) is 8.85. The van der Waals surface area contributed by atoms with E-state index in [1.807, 2.05) is 0 Å². The molecular formula is C13H9FN2O. The van der Waals surface area contributed by atoms with Crippen LogP contribution < -0.4 is 5.73 Å². The summed E-state index contributed by atoms with van der Waals surface area (Å²) in [5.41, 5.74) is 7.18. The van der Waals surface area contributed by atoms with Gasteiger partial charge in [0.25, 0.3) is 0 Å². The molecule has 0 aliphatic heterocycles. The van der Waals surface area contributed by atoms with E-state index in [9.17, 15) is 4.39 Å². The lowest BCUT2D eigenvalue weighted by Gasteiger charge is -1.96. The first-order valence-corrected chi connectivity index (χ1v) is 5.13. The molecule has 0 saturated heterocycles. The minimum atomic E-state index is -0.370. The number of fused-ring (bicyclic) bond motifs is 1. The highest BCUT2D eigenvalue weighted by atomic mass is 19.1. The molecule has 0 aliphatic carbocycles. The van der Waals surface area contributed by atoms with Crippen molar-refractivity contribution < 1.29 is 8.81 Å². The summed E-state index contributed by atoms with van der Waals surface area (Å²) in [6.45, 7) is 0. The SMILES string of the molecule is Nc1cncc(-c2cc3cccc(F)c3o2)c1. The van der Waals surface area contributed by atoms with Crippen LogP contribution in [0.4, 0.5) is 10.1 Å². The average molecular weight is 228 g/mol. The fourth-order valence-electron chi connectivity index (χ4n) is 1.76. The van der Waals surface area contributed by atoms with Crippen LogP contribution in [0.1, 0.15) is 0 Å². The minimum Gasteiger partial charge on any atom is -0.453 e. The van der Waals surface area contributed by atoms with Crippen LogP contribution in [-0.4, -0.2) is 4.98 Å². The third-order valence-corrected chi connectivity index (χ3v) is 2.54. The molecule has 2 heterocycles. The summed E-state index contributed by atoms with van der Waals surface area (Å²) in [7, 11) is 0. The summed E-state index contributed by atoms with van der Waals surface area (Å²) >= 11 is 0. The van der Waals surface area contributed by atoms with E-state index in [2.05, 4.69) is 4.98 Å². The Labute approximate surface area is 96.7 Å². The van der Waals surface area contributed by atoms with Crippen LogP contribution in [0.25, 0.3) is 22.3 Å². The molecule has 3 rings (SSSR count). The van der Waals surface area contributed by atoms with Crippen molar-refractivity contribution in [1.29, 1.82) is 0 Å². The third kappa shape index (κ3) is 1.63. The van der Waals surface area contributed by atoms with Gasteiger partial charge in [-0.2, -0.15) is 0 Å². The van der Waals surface area contributed by atoms with E-state index in [-0.39, 0.29) is 11.4 Å². The van der Waals surface area contributed by atoms with Crippen molar-refractivity contribution >= 4 is 16.7 Å². The Morgan fingerprint density at radius 1 is 1.18 bits per heavy atom.